The van der Waals surface area contributed by atoms with Crippen LogP contribution in [0.1, 0.15) is 25.5 Å². The van der Waals surface area contributed by atoms with Gasteiger partial charge >= 0.3 is 0 Å². The summed E-state index contributed by atoms with van der Waals surface area (Å²) in [5, 5.41) is 5.24. The average molecular weight is 262 g/mol. The van der Waals surface area contributed by atoms with Crippen LogP contribution in [-0.4, -0.2) is 16.4 Å². The lowest BCUT2D eigenvalue weighted by molar-refractivity contribution is -0.0393. The van der Waals surface area contributed by atoms with Crippen molar-refractivity contribution in [2.24, 2.45) is 0 Å². The van der Waals surface area contributed by atoms with E-state index in [2.05, 4.69) is 11.2 Å². The lowest BCUT2D eigenvalue weighted by atomic mass is 10.2. The van der Waals surface area contributed by atoms with E-state index in [1.807, 2.05) is 35.1 Å². The van der Waals surface area contributed by atoms with E-state index >= 15 is 0 Å². The van der Waals surface area contributed by atoms with Gasteiger partial charge in [0.25, 0.3) is 0 Å². The van der Waals surface area contributed by atoms with Crippen LogP contribution in [0.5, 0.6) is 0 Å². The van der Waals surface area contributed by atoms with Crippen molar-refractivity contribution in [3.8, 4) is 11.3 Å². The summed E-state index contributed by atoms with van der Waals surface area (Å²) in [6.45, 7) is 0.816. The Morgan fingerprint density at radius 2 is 2.33 bits per heavy atom. The van der Waals surface area contributed by atoms with Crippen molar-refractivity contribution < 1.29 is 4.74 Å². The minimum Gasteiger partial charge on any atom is -0.357 e. The number of hydrogen-bond acceptors (Lipinski definition) is 2. The molecule has 0 N–H and O–H groups in total. The molecule has 2 heterocycles. The smallest absolute Gasteiger partial charge is 0.150 e. The molecule has 3 nitrogen and oxygen atoms in total. The van der Waals surface area contributed by atoms with Crippen molar-refractivity contribution in [1.29, 1.82) is 0 Å². The van der Waals surface area contributed by atoms with Crippen molar-refractivity contribution in [1.82, 2.24) is 9.78 Å². The van der Waals surface area contributed by atoms with E-state index < -0.39 is 0 Å². The summed E-state index contributed by atoms with van der Waals surface area (Å²) in [6.07, 6.45) is 5.26. The second kappa shape index (κ2) is 5.12. The topological polar surface area (TPSA) is 27.1 Å². The van der Waals surface area contributed by atoms with Crippen LogP contribution < -0.4 is 0 Å². The van der Waals surface area contributed by atoms with Crippen LogP contribution in [0.25, 0.3) is 11.3 Å². The van der Waals surface area contributed by atoms with Crippen LogP contribution in [0.15, 0.2) is 30.5 Å². The fourth-order valence-electron chi connectivity index (χ4n) is 2.16. The van der Waals surface area contributed by atoms with Crippen molar-refractivity contribution in [3.05, 3.63) is 41.6 Å². The van der Waals surface area contributed by atoms with Crippen LogP contribution in [0.2, 0.25) is 5.02 Å². The zero-order chi connectivity index (χ0) is 12.4. The highest BCUT2D eigenvalue weighted by Gasteiger charge is 2.16. The number of rotatable bonds is 2. The van der Waals surface area contributed by atoms with E-state index in [4.69, 9.17) is 16.3 Å². The lowest BCUT2D eigenvalue weighted by Gasteiger charge is -2.22. The molecule has 1 unspecified atom stereocenters. The van der Waals surface area contributed by atoms with Crippen molar-refractivity contribution in [2.75, 3.05) is 6.61 Å². The second-order valence-corrected chi connectivity index (χ2v) is 4.87. The molecule has 0 amide bonds. The van der Waals surface area contributed by atoms with Crippen molar-refractivity contribution in [3.63, 3.8) is 0 Å². The Balaban J connectivity index is 1.84. The third kappa shape index (κ3) is 2.42. The molecule has 1 aliphatic rings. The molecule has 18 heavy (non-hydrogen) atoms. The maximum Gasteiger partial charge on any atom is 0.150 e. The van der Waals surface area contributed by atoms with E-state index in [-0.39, 0.29) is 6.23 Å². The summed E-state index contributed by atoms with van der Waals surface area (Å²) in [6, 6.07) is 10.8. The first-order valence-corrected chi connectivity index (χ1v) is 6.55. The summed E-state index contributed by atoms with van der Waals surface area (Å²) in [5.74, 6) is 0. The van der Waals surface area contributed by atoms with Gasteiger partial charge in [-0.1, -0.05) is 23.7 Å². The Kier molecular flexibility index (Phi) is 3.35. The number of ether oxygens (including phenoxy) is 1. The average Bonchev–Trinajstić information content (AvgIpc) is 2.89. The van der Waals surface area contributed by atoms with E-state index in [1.54, 1.807) is 0 Å². The quantitative estimate of drug-likeness (QED) is 0.824. The number of benzene rings is 1. The van der Waals surface area contributed by atoms with Gasteiger partial charge in [0.15, 0.2) is 0 Å². The van der Waals surface area contributed by atoms with Gasteiger partial charge in [0.2, 0.25) is 0 Å². The predicted molar refractivity (Wildman–Crippen MR) is 70.3 cm³/mol. The first kappa shape index (κ1) is 11.8. The van der Waals surface area contributed by atoms with Gasteiger partial charge < -0.3 is 4.74 Å². The minimum absolute atomic E-state index is 0.0583. The van der Waals surface area contributed by atoms with Gasteiger partial charge in [0.05, 0.1) is 0 Å². The molecule has 0 spiro atoms. The number of aromatic nitrogens is 2. The molecule has 4 heteroatoms. The molecule has 1 saturated heterocycles. The largest absolute Gasteiger partial charge is 0.357 e. The molecule has 0 saturated carbocycles. The zero-order valence-corrected chi connectivity index (χ0v) is 10.7. The summed E-state index contributed by atoms with van der Waals surface area (Å²) in [4.78, 5) is 0. The molecule has 0 bridgehead atoms. The van der Waals surface area contributed by atoms with Crippen LogP contribution in [0, 0.1) is 6.07 Å². The van der Waals surface area contributed by atoms with Crippen LogP contribution in [0.3, 0.4) is 0 Å². The summed E-state index contributed by atoms with van der Waals surface area (Å²) in [5.41, 5.74) is 1.80. The Bertz CT molecular complexity index is 532. The van der Waals surface area contributed by atoms with Gasteiger partial charge in [-0.15, -0.1) is 0 Å². The molecule has 2 aromatic rings. The molecule has 1 aromatic heterocycles. The number of nitrogens with zero attached hydrogens (tertiary/aromatic N) is 2. The molecule has 1 radical (unpaired) electrons. The molecule has 93 valence electrons. The van der Waals surface area contributed by atoms with E-state index in [0.29, 0.717) is 5.02 Å². The van der Waals surface area contributed by atoms with Gasteiger partial charge in [-0.2, -0.15) is 5.10 Å². The van der Waals surface area contributed by atoms with Crippen molar-refractivity contribution >= 4 is 11.6 Å². The monoisotopic (exact) mass is 261 g/mol. The molecule has 0 aliphatic carbocycles. The van der Waals surface area contributed by atoms with E-state index in [0.717, 1.165) is 30.7 Å². The predicted octanol–water partition coefficient (Wildman–Crippen LogP) is 3.70. The molecule has 1 aromatic carbocycles. The SMILES string of the molecule is Clc1cccc(-c2[c]cn(C3CCCCO3)n2)c1. The molecular weight excluding hydrogens is 248 g/mol. The fraction of sp³-hybridized carbons (Fsp3) is 0.357. The third-order valence-electron chi connectivity index (χ3n) is 3.10. The van der Waals surface area contributed by atoms with Crippen molar-refractivity contribution in [2.45, 2.75) is 25.5 Å². The third-order valence-corrected chi connectivity index (χ3v) is 3.33. The Labute approximate surface area is 111 Å². The second-order valence-electron chi connectivity index (χ2n) is 4.43. The van der Waals surface area contributed by atoms with Gasteiger partial charge in [-0.05, 0) is 31.4 Å². The Morgan fingerprint density at radius 1 is 1.39 bits per heavy atom. The van der Waals surface area contributed by atoms with Gasteiger partial charge in [0, 0.05) is 29.5 Å². The highest BCUT2D eigenvalue weighted by molar-refractivity contribution is 6.30. The maximum absolute atomic E-state index is 5.98. The van der Waals surface area contributed by atoms with Gasteiger partial charge in [0.1, 0.15) is 11.9 Å². The zero-order valence-electron chi connectivity index (χ0n) is 9.97. The van der Waals surface area contributed by atoms with Gasteiger partial charge in [-0.3, -0.25) is 0 Å². The highest BCUT2D eigenvalue weighted by Crippen LogP contribution is 2.25. The molecule has 1 fully saturated rings. The Morgan fingerprint density at radius 3 is 3.11 bits per heavy atom. The fourth-order valence-corrected chi connectivity index (χ4v) is 2.35. The summed E-state index contributed by atoms with van der Waals surface area (Å²) < 4.78 is 7.55. The Hall–Kier alpha value is -1.32. The standard InChI is InChI=1S/C14H14ClN2O/c15-12-5-3-4-11(10-12)13-7-8-17(16-13)14-6-1-2-9-18-14/h3-5,8,10,14H,1-2,6,9H2. The van der Waals surface area contributed by atoms with Crippen LogP contribution >= 0.6 is 11.6 Å². The summed E-state index contributed by atoms with van der Waals surface area (Å²) in [7, 11) is 0. The number of halogens is 1. The molecule has 1 atom stereocenters. The van der Waals surface area contributed by atoms with Crippen LogP contribution in [-0.2, 0) is 4.74 Å². The van der Waals surface area contributed by atoms with E-state index in [9.17, 15) is 0 Å². The first-order chi connectivity index (χ1) is 8.83. The number of hydrogen-bond donors (Lipinski definition) is 0. The maximum atomic E-state index is 5.98. The molecule has 1 aliphatic heterocycles. The highest BCUT2D eigenvalue weighted by atomic mass is 35.5. The van der Waals surface area contributed by atoms with Crippen LogP contribution in [0.4, 0.5) is 0 Å². The lowest BCUT2D eigenvalue weighted by Crippen LogP contribution is -2.18. The van der Waals surface area contributed by atoms with Gasteiger partial charge in [-0.25, -0.2) is 4.68 Å². The van der Waals surface area contributed by atoms with E-state index in [1.165, 1.54) is 6.42 Å². The molecule has 3 rings (SSSR count). The first-order valence-electron chi connectivity index (χ1n) is 6.17. The summed E-state index contributed by atoms with van der Waals surface area (Å²) >= 11 is 5.98. The minimum atomic E-state index is 0.0583. The molecular formula is C14H14ClN2O. The normalized spacial score (nSPS) is 19.9.